The fourth-order valence-electron chi connectivity index (χ4n) is 1.78. The first-order valence-electron chi connectivity index (χ1n) is 6.62. The zero-order valence-corrected chi connectivity index (χ0v) is 11.8. The maximum atomic E-state index is 11.9. The Labute approximate surface area is 127 Å². The van der Waals surface area contributed by atoms with Gasteiger partial charge in [-0.1, -0.05) is 6.07 Å². The van der Waals surface area contributed by atoms with Crippen LogP contribution >= 0.6 is 0 Å². The van der Waals surface area contributed by atoms with Gasteiger partial charge in [0.1, 0.15) is 11.6 Å². The smallest absolute Gasteiger partial charge is 0.263 e. The van der Waals surface area contributed by atoms with Crippen molar-refractivity contribution in [1.82, 2.24) is 10.6 Å². The van der Waals surface area contributed by atoms with Gasteiger partial charge in [-0.25, -0.2) is 0 Å². The molecule has 7 heteroatoms. The van der Waals surface area contributed by atoms with Crippen LogP contribution in [0.1, 0.15) is 12.0 Å². The van der Waals surface area contributed by atoms with Gasteiger partial charge in [-0.05, 0) is 17.7 Å². The van der Waals surface area contributed by atoms with Gasteiger partial charge in [0.2, 0.25) is 6.79 Å². The molecule has 0 unspecified atom stereocenters. The highest BCUT2D eigenvalue weighted by Crippen LogP contribution is 2.32. The molecule has 0 spiro atoms. The molecule has 1 aliphatic heterocycles. The second kappa shape index (κ2) is 7.55. The molecule has 0 radical (unpaired) electrons. The van der Waals surface area contributed by atoms with E-state index in [9.17, 15) is 4.79 Å². The van der Waals surface area contributed by atoms with Gasteiger partial charge in [-0.2, -0.15) is 10.5 Å². The minimum atomic E-state index is -0.482. The number of carbonyl (C=O) groups excluding carboxylic acids is 1. The first-order chi connectivity index (χ1) is 10.7. The summed E-state index contributed by atoms with van der Waals surface area (Å²) in [4.78, 5) is 11.9. The molecule has 2 rings (SSSR count). The molecule has 0 bridgehead atoms. The van der Waals surface area contributed by atoms with Gasteiger partial charge in [0, 0.05) is 19.3 Å². The highest BCUT2D eigenvalue weighted by atomic mass is 16.7. The predicted octanol–water partition coefficient (Wildman–Crippen LogP) is 0.942. The summed E-state index contributed by atoms with van der Waals surface area (Å²) in [6.07, 6.45) is 1.61. The maximum Gasteiger partial charge on any atom is 0.263 e. The van der Waals surface area contributed by atoms with E-state index < -0.39 is 5.91 Å². The van der Waals surface area contributed by atoms with Crippen LogP contribution in [-0.4, -0.2) is 19.2 Å². The number of amides is 1. The summed E-state index contributed by atoms with van der Waals surface area (Å²) in [5, 5.41) is 22.8. The van der Waals surface area contributed by atoms with Crippen LogP contribution in [0.4, 0.5) is 0 Å². The summed E-state index contributed by atoms with van der Waals surface area (Å²) in [6, 6.07) is 9.14. The van der Waals surface area contributed by atoms with E-state index in [1.807, 2.05) is 18.2 Å². The molecule has 1 aromatic carbocycles. The van der Waals surface area contributed by atoms with E-state index in [0.717, 1.165) is 5.56 Å². The quantitative estimate of drug-likeness (QED) is 0.460. The Bertz CT molecular complexity index is 670. The normalized spacial score (nSPS) is 12.2. The summed E-state index contributed by atoms with van der Waals surface area (Å²) >= 11 is 0. The fourth-order valence-corrected chi connectivity index (χ4v) is 1.78. The minimum Gasteiger partial charge on any atom is -0.454 e. The van der Waals surface area contributed by atoms with E-state index in [0.29, 0.717) is 24.5 Å². The Morgan fingerprint density at radius 1 is 1.32 bits per heavy atom. The molecule has 7 nitrogen and oxygen atoms in total. The summed E-state index contributed by atoms with van der Waals surface area (Å²) in [5.74, 6) is 0.833. The van der Waals surface area contributed by atoms with Crippen LogP contribution in [0.3, 0.4) is 0 Å². The van der Waals surface area contributed by atoms with Crippen LogP contribution < -0.4 is 20.1 Å². The van der Waals surface area contributed by atoms with E-state index in [1.54, 1.807) is 12.1 Å². The number of ether oxygens (including phenoxy) is 2. The third-order valence-electron chi connectivity index (χ3n) is 2.88. The van der Waals surface area contributed by atoms with Gasteiger partial charge in [0.05, 0.1) is 12.5 Å². The molecule has 2 N–H and O–H groups in total. The third kappa shape index (κ3) is 3.90. The van der Waals surface area contributed by atoms with Crippen molar-refractivity contribution in [1.29, 1.82) is 10.5 Å². The molecule has 0 atom stereocenters. The lowest BCUT2D eigenvalue weighted by molar-refractivity contribution is -0.117. The topological polar surface area (TPSA) is 107 Å². The molecule has 22 heavy (non-hydrogen) atoms. The van der Waals surface area contributed by atoms with E-state index in [1.165, 1.54) is 6.20 Å². The lowest BCUT2D eigenvalue weighted by Gasteiger charge is -2.06. The lowest BCUT2D eigenvalue weighted by atomic mass is 10.2. The number of hydrogen-bond acceptors (Lipinski definition) is 6. The number of nitrogens with one attached hydrogen (secondary N) is 2. The van der Waals surface area contributed by atoms with Crippen LogP contribution in [0.15, 0.2) is 30.0 Å². The maximum absolute atomic E-state index is 11.9. The summed E-state index contributed by atoms with van der Waals surface area (Å²) in [6.45, 7) is 0.852. The minimum absolute atomic E-state index is 0.0429. The van der Waals surface area contributed by atoms with Gasteiger partial charge in [-0.3, -0.25) is 4.79 Å². The molecule has 0 aromatic heterocycles. The van der Waals surface area contributed by atoms with Gasteiger partial charge >= 0.3 is 0 Å². The van der Waals surface area contributed by atoms with Crippen LogP contribution in [0.25, 0.3) is 0 Å². The highest BCUT2D eigenvalue weighted by molar-refractivity contribution is 5.97. The van der Waals surface area contributed by atoms with Gasteiger partial charge in [0.25, 0.3) is 5.91 Å². The molecule has 1 heterocycles. The Kier molecular flexibility index (Phi) is 5.22. The first kappa shape index (κ1) is 15.2. The molecular formula is C15H14N4O3. The van der Waals surface area contributed by atoms with Crippen LogP contribution in [0.2, 0.25) is 0 Å². The van der Waals surface area contributed by atoms with Crippen LogP contribution in [0.5, 0.6) is 11.5 Å². The van der Waals surface area contributed by atoms with Crippen molar-refractivity contribution >= 4 is 5.91 Å². The molecule has 1 aliphatic rings. The predicted molar refractivity (Wildman–Crippen MR) is 76.3 cm³/mol. The standard InChI is InChI=1S/C15H14N4O3/c16-4-1-5-18-9-12(7-17)15(20)19-8-11-2-3-13-14(6-11)22-10-21-13/h2-3,6,9,18H,1,5,8,10H2,(H,19,20)/b12-9-. The molecule has 1 aromatic rings. The Morgan fingerprint density at radius 3 is 2.91 bits per heavy atom. The monoisotopic (exact) mass is 298 g/mol. The summed E-state index contributed by atoms with van der Waals surface area (Å²) < 4.78 is 10.5. The Morgan fingerprint density at radius 2 is 2.14 bits per heavy atom. The van der Waals surface area contributed by atoms with Crippen LogP contribution in [-0.2, 0) is 11.3 Å². The molecule has 112 valence electrons. The number of rotatable bonds is 6. The Hall–Kier alpha value is -3.19. The van der Waals surface area contributed by atoms with Gasteiger partial charge in [0.15, 0.2) is 11.5 Å². The number of fused-ring (bicyclic) bond motifs is 1. The van der Waals surface area contributed by atoms with Crippen molar-refractivity contribution in [3.8, 4) is 23.6 Å². The van der Waals surface area contributed by atoms with Gasteiger partial charge in [-0.15, -0.1) is 0 Å². The molecular weight excluding hydrogens is 284 g/mol. The second-order valence-electron chi connectivity index (χ2n) is 4.40. The van der Waals surface area contributed by atoms with E-state index in [-0.39, 0.29) is 18.9 Å². The number of benzene rings is 1. The molecule has 0 saturated carbocycles. The Balaban J connectivity index is 1.88. The zero-order chi connectivity index (χ0) is 15.8. The van der Waals surface area contributed by atoms with Crippen molar-refractivity contribution in [3.63, 3.8) is 0 Å². The molecule has 0 fully saturated rings. The zero-order valence-electron chi connectivity index (χ0n) is 11.8. The summed E-state index contributed by atoms with van der Waals surface area (Å²) in [5.41, 5.74) is 0.797. The lowest BCUT2D eigenvalue weighted by Crippen LogP contribution is -2.25. The van der Waals surface area contributed by atoms with E-state index in [2.05, 4.69) is 10.6 Å². The summed E-state index contributed by atoms with van der Waals surface area (Å²) in [7, 11) is 0. The molecule has 0 saturated heterocycles. The van der Waals surface area contributed by atoms with E-state index >= 15 is 0 Å². The average Bonchev–Trinajstić information content (AvgIpc) is 3.00. The largest absolute Gasteiger partial charge is 0.454 e. The SMILES string of the molecule is N#CCCN/C=C(/C#N)C(=O)NCc1ccc2c(c1)OCO2. The number of nitrogens with zero attached hydrogens (tertiary/aromatic N) is 2. The van der Waals surface area contributed by atoms with E-state index in [4.69, 9.17) is 20.0 Å². The van der Waals surface area contributed by atoms with Gasteiger partial charge < -0.3 is 20.1 Å². The number of carbonyl (C=O) groups is 1. The van der Waals surface area contributed by atoms with Crippen molar-refractivity contribution < 1.29 is 14.3 Å². The first-order valence-corrected chi connectivity index (χ1v) is 6.62. The average molecular weight is 298 g/mol. The van der Waals surface area contributed by atoms with Crippen molar-refractivity contribution in [2.75, 3.05) is 13.3 Å². The second-order valence-corrected chi connectivity index (χ2v) is 4.40. The highest BCUT2D eigenvalue weighted by Gasteiger charge is 2.14. The number of nitriles is 2. The molecule has 1 amide bonds. The van der Waals surface area contributed by atoms with Crippen molar-refractivity contribution in [2.24, 2.45) is 0 Å². The molecule has 0 aliphatic carbocycles. The number of hydrogen-bond donors (Lipinski definition) is 2. The fraction of sp³-hybridized carbons (Fsp3) is 0.267. The third-order valence-corrected chi connectivity index (χ3v) is 2.88. The van der Waals surface area contributed by atoms with Crippen molar-refractivity contribution in [3.05, 3.63) is 35.5 Å². The van der Waals surface area contributed by atoms with Crippen LogP contribution in [0, 0.1) is 22.7 Å². The van der Waals surface area contributed by atoms with Crippen molar-refractivity contribution in [2.45, 2.75) is 13.0 Å².